The average Bonchev–Trinajstić information content (AvgIpc) is 2.69. The molecule has 0 aliphatic carbocycles. The van der Waals surface area contributed by atoms with Crippen LogP contribution >= 0.6 is 11.8 Å². The highest BCUT2D eigenvalue weighted by molar-refractivity contribution is 8.00. The van der Waals surface area contributed by atoms with Gasteiger partial charge in [-0.3, -0.25) is 4.79 Å². The lowest BCUT2D eigenvalue weighted by atomic mass is 9.85. The Labute approximate surface area is 104 Å². The van der Waals surface area contributed by atoms with Crippen molar-refractivity contribution in [2.24, 2.45) is 17.8 Å². The van der Waals surface area contributed by atoms with Gasteiger partial charge in [0.25, 0.3) is 0 Å². The van der Waals surface area contributed by atoms with Gasteiger partial charge in [-0.25, -0.2) is 0 Å². The van der Waals surface area contributed by atoms with E-state index in [9.17, 15) is 4.79 Å². The lowest BCUT2D eigenvalue weighted by Crippen LogP contribution is -2.37. The Morgan fingerprint density at radius 2 is 1.94 bits per heavy atom. The number of carbonyl (C=O) groups is 1. The molecule has 1 amide bonds. The smallest absolute Gasteiger partial charge is 0.233 e. The molecule has 1 heterocycles. The van der Waals surface area contributed by atoms with Crippen molar-refractivity contribution in [2.75, 3.05) is 12.3 Å². The molecule has 1 rings (SSSR count). The Balaban J connectivity index is 2.33. The minimum absolute atomic E-state index is 0.222. The first-order valence-electron chi connectivity index (χ1n) is 6.41. The molecule has 0 aromatic rings. The minimum Gasteiger partial charge on any atom is -0.355 e. The third-order valence-corrected chi connectivity index (χ3v) is 4.82. The summed E-state index contributed by atoms with van der Waals surface area (Å²) in [5.41, 5.74) is 0. The van der Waals surface area contributed by atoms with E-state index in [4.69, 9.17) is 0 Å². The maximum atomic E-state index is 11.9. The molecule has 2 nitrogen and oxygen atoms in total. The number of rotatable bonds is 5. The number of hydrogen-bond acceptors (Lipinski definition) is 2. The van der Waals surface area contributed by atoms with E-state index < -0.39 is 0 Å². The molecule has 94 valence electrons. The van der Waals surface area contributed by atoms with Crippen LogP contribution in [0, 0.1) is 17.8 Å². The first-order valence-corrected chi connectivity index (χ1v) is 7.46. The van der Waals surface area contributed by atoms with Crippen molar-refractivity contribution in [2.45, 2.75) is 45.8 Å². The summed E-state index contributed by atoms with van der Waals surface area (Å²) in [6, 6.07) is 0. The normalized spacial score (nSPS) is 21.1. The van der Waals surface area contributed by atoms with Gasteiger partial charge in [-0.2, -0.15) is 0 Å². The van der Waals surface area contributed by atoms with E-state index in [2.05, 4.69) is 33.0 Å². The number of nitrogens with one attached hydrogen (secondary N) is 1. The summed E-state index contributed by atoms with van der Waals surface area (Å²) in [7, 11) is 0. The fraction of sp³-hybridized carbons (Fsp3) is 0.923. The Bertz CT molecular complexity index is 214. The number of amides is 1. The molecule has 1 atom stereocenters. The summed E-state index contributed by atoms with van der Waals surface area (Å²) in [5, 5.41) is 3.35. The van der Waals surface area contributed by atoms with Crippen LogP contribution in [0.1, 0.15) is 40.5 Å². The maximum Gasteiger partial charge on any atom is 0.233 e. The van der Waals surface area contributed by atoms with Gasteiger partial charge in [-0.15, -0.1) is 11.8 Å². The van der Waals surface area contributed by atoms with E-state index in [0.717, 1.165) is 18.7 Å². The SMILES string of the molecule is CC(C)C(CNC(=O)C1CCCS1)C(C)C. The zero-order chi connectivity index (χ0) is 12.1. The molecule has 3 heteroatoms. The molecule has 1 aliphatic heterocycles. The molecular formula is C13H25NOS. The van der Waals surface area contributed by atoms with Crippen molar-refractivity contribution in [3.05, 3.63) is 0 Å². The molecule has 1 N–H and O–H groups in total. The van der Waals surface area contributed by atoms with Crippen molar-refractivity contribution in [3.8, 4) is 0 Å². The van der Waals surface area contributed by atoms with Crippen molar-refractivity contribution >= 4 is 17.7 Å². The van der Waals surface area contributed by atoms with Crippen LogP contribution in [0.2, 0.25) is 0 Å². The van der Waals surface area contributed by atoms with E-state index in [1.807, 2.05) is 0 Å². The second-order valence-electron chi connectivity index (χ2n) is 5.40. The molecule has 16 heavy (non-hydrogen) atoms. The summed E-state index contributed by atoms with van der Waals surface area (Å²) in [6.45, 7) is 9.79. The largest absolute Gasteiger partial charge is 0.355 e. The highest BCUT2D eigenvalue weighted by Gasteiger charge is 2.25. The van der Waals surface area contributed by atoms with E-state index in [1.165, 1.54) is 6.42 Å². The summed E-state index contributed by atoms with van der Waals surface area (Å²) < 4.78 is 0. The summed E-state index contributed by atoms with van der Waals surface area (Å²) in [5.74, 6) is 3.27. The second-order valence-corrected chi connectivity index (χ2v) is 6.71. The van der Waals surface area contributed by atoms with Gasteiger partial charge in [-0.05, 0) is 36.3 Å². The number of thioether (sulfide) groups is 1. The Morgan fingerprint density at radius 3 is 2.38 bits per heavy atom. The van der Waals surface area contributed by atoms with Crippen LogP contribution in [0.5, 0.6) is 0 Å². The average molecular weight is 243 g/mol. The predicted molar refractivity (Wildman–Crippen MR) is 71.7 cm³/mol. The zero-order valence-electron chi connectivity index (χ0n) is 11.0. The van der Waals surface area contributed by atoms with Crippen LogP contribution in [0.25, 0.3) is 0 Å². The van der Waals surface area contributed by atoms with Gasteiger partial charge in [0.05, 0.1) is 5.25 Å². The number of carbonyl (C=O) groups excluding carboxylic acids is 1. The Morgan fingerprint density at radius 1 is 1.31 bits per heavy atom. The van der Waals surface area contributed by atoms with Gasteiger partial charge in [-0.1, -0.05) is 27.7 Å². The summed E-state index contributed by atoms with van der Waals surface area (Å²) in [4.78, 5) is 11.9. The molecule has 1 saturated heterocycles. The van der Waals surface area contributed by atoms with E-state index in [0.29, 0.717) is 17.8 Å². The quantitative estimate of drug-likeness (QED) is 0.804. The molecule has 1 fully saturated rings. The molecule has 0 saturated carbocycles. The van der Waals surface area contributed by atoms with Crippen molar-refractivity contribution in [1.82, 2.24) is 5.32 Å². The highest BCUT2D eigenvalue weighted by atomic mass is 32.2. The molecule has 1 aliphatic rings. The fourth-order valence-electron chi connectivity index (χ4n) is 2.36. The molecule has 0 aromatic carbocycles. The summed E-state index contributed by atoms with van der Waals surface area (Å²) >= 11 is 1.81. The van der Waals surface area contributed by atoms with Gasteiger partial charge in [0.2, 0.25) is 5.91 Å². The summed E-state index contributed by atoms with van der Waals surface area (Å²) in [6.07, 6.45) is 2.26. The van der Waals surface area contributed by atoms with Crippen LogP contribution in [0.4, 0.5) is 0 Å². The molecule has 0 spiro atoms. The van der Waals surface area contributed by atoms with Crippen molar-refractivity contribution in [1.29, 1.82) is 0 Å². The molecule has 0 radical (unpaired) electrons. The standard InChI is InChI=1S/C13H25NOS/c1-9(2)11(10(3)4)8-14-13(15)12-6-5-7-16-12/h9-12H,5-8H2,1-4H3,(H,14,15). The van der Waals surface area contributed by atoms with Crippen LogP contribution < -0.4 is 5.32 Å². The maximum absolute atomic E-state index is 11.9. The highest BCUT2D eigenvalue weighted by Crippen LogP contribution is 2.26. The van der Waals surface area contributed by atoms with Crippen LogP contribution in [-0.2, 0) is 4.79 Å². The van der Waals surface area contributed by atoms with Crippen molar-refractivity contribution < 1.29 is 4.79 Å². The predicted octanol–water partition coefficient (Wildman–Crippen LogP) is 2.93. The van der Waals surface area contributed by atoms with Crippen LogP contribution in [-0.4, -0.2) is 23.5 Å². The van der Waals surface area contributed by atoms with Gasteiger partial charge < -0.3 is 5.32 Å². The lowest BCUT2D eigenvalue weighted by molar-refractivity contribution is -0.120. The fourth-order valence-corrected chi connectivity index (χ4v) is 3.54. The van der Waals surface area contributed by atoms with Gasteiger partial charge in [0.1, 0.15) is 0 Å². The molecule has 1 unspecified atom stereocenters. The first-order chi connectivity index (χ1) is 7.52. The second kappa shape index (κ2) is 6.53. The minimum atomic E-state index is 0.222. The lowest BCUT2D eigenvalue weighted by Gasteiger charge is -2.25. The zero-order valence-corrected chi connectivity index (χ0v) is 11.8. The topological polar surface area (TPSA) is 29.1 Å². The van der Waals surface area contributed by atoms with Crippen LogP contribution in [0.15, 0.2) is 0 Å². The van der Waals surface area contributed by atoms with Crippen LogP contribution in [0.3, 0.4) is 0 Å². The molecule has 0 aromatic heterocycles. The third kappa shape index (κ3) is 4.00. The Hall–Kier alpha value is -0.180. The number of hydrogen-bond donors (Lipinski definition) is 1. The van der Waals surface area contributed by atoms with E-state index >= 15 is 0 Å². The Kier molecular flexibility index (Phi) is 5.67. The van der Waals surface area contributed by atoms with Gasteiger partial charge >= 0.3 is 0 Å². The van der Waals surface area contributed by atoms with Gasteiger partial charge in [0, 0.05) is 6.54 Å². The molecule has 0 bridgehead atoms. The monoisotopic (exact) mass is 243 g/mol. The molecular weight excluding hydrogens is 218 g/mol. The van der Waals surface area contributed by atoms with E-state index in [1.54, 1.807) is 11.8 Å². The first kappa shape index (κ1) is 13.9. The van der Waals surface area contributed by atoms with Crippen molar-refractivity contribution in [3.63, 3.8) is 0 Å². The van der Waals surface area contributed by atoms with E-state index in [-0.39, 0.29) is 11.2 Å². The van der Waals surface area contributed by atoms with Gasteiger partial charge in [0.15, 0.2) is 0 Å². The third-order valence-electron chi connectivity index (χ3n) is 3.45.